The first kappa shape index (κ1) is 18.4. The Bertz CT molecular complexity index is 978. The van der Waals surface area contributed by atoms with Crippen LogP contribution < -0.4 is 5.32 Å². The van der Waals surface area contributed by atoms with Gasteiger partial charge >= 0.3 is 6.03 Å². The Morgan fingerprint density at radius 1 is 1.18 bits per heavy atom. The molecule has 1 N–H and O–H groups in total. The number of nitrogens with one attached hydrogen (secondary N) is 1. The van der Waals surface area contributed by atoms with E-state index in [1.165, 1.54) is 15.9 Å². The highest BCUT2D eigenvalue weighted by Crippen LogP contribution is 2.33. The quantitative estimate of drug-likeness (QED) is 0.756. The van der Waals surface area contributed by atoms with E-state index in [2.05, 4.69) is 58.8 Å². The highest BCUT2D eigenvalue weighted by molar-refractivity contribution is 5.98. The molecule has 3 aromatic rings. The Kier molecular flexibility index (Phi) is 5.00. The van der Waals surface area contributed by atoms with Gasteiger partial charge < -0.3 is 15.1 Å². The average molecular weight is 378 g/mol. The van der Waals surface area contributed by atoms with Gasteiger partial charge in [-0.15, -0.1) is 0 Å². The van der Waals surface area contributed by atoms with Gasteiger partial charge in [0, 0.05) is 20.1 Å². The summed E-state index contributed by atoms with van der Waals surface area (Å²) < 4.78 is 0. The number of anilines is 1. The van der Waals surface area contributed by atoms with Crippen LogP contribution in [0.3, 0.4) is 0 Å². The molecule has 1 aliphatic rings. The third-order valence-corrected chi connectivity index (χ3v) is 5.13. The van der Waals surface area contributed by atoms with E-state index in [1.807, 2.05) is 23.1 Å². The Morgan fingerprint density at radius 3 is 2.71 bits per heavy atom. The highest BCUT2D eigenvalue weighted by atomic mass is 16.2. The number of nitrogens with zero attached hydrogens (tertiary/aromatic N) is 5. The fourth-order valence-corrected chi connectivity index (χ4v) is 3.89. The standard InChI is InChI=1S/C21H26N6O/c1-25(2)14-15-9-11-16(12-10-15)19-8-5-13-27(19)21(28)22-17-6-4-7-18-20(17)24-26(3)23-18/h4,6-7,9-12,19H,5,8,13-14H2,1-3H3,(H,22,28)/t19-/m0/s1. The Hall–Kier alpha value is -2.93. The zero-order valence-electron chi connectivity index (χ0n) is 16.6. The average Bonchev–Trinajstić information content (AvgIpc) is 3.28. The first-order valence-corrected chi connectivity index (χ1v) is 9.62. The zero-order chi connectivity index (χ0) is 19.7. The summed E-state index contributed by atoms with van der Waals surface area (Å²) in [4.78, 5) is 18.6. The molecule has 1 aliphatic heterocycles. The second-order valence-electron chi connectivity index (χ2n) is 7.62. The van der Waals surface area contributed by atoms with E-state index in [0.29, 0.717) is 11.2 Å². The number of hydrogen-bond acceptors (Lipinski definition) is 4. The summed E-state index contributed by atoms with van der Waals surface area (Å²) in [5.74, 6) is 0. The maximum atomic E-state index is 13.0. The van der Waals surface area contributed by atoms with E-state index in [1.54, 1.807) is 7.05 Å². The SMILES string of the molecule is CN(C)Cc1ccc([C@@H]2CCCN2C(=O)Nc2cccc3nn(C)nc23)cc1. The molecule has 1 aromatic heterocycles. The Balaban J connectivity index is 1.52. The van der Waals surface area contributed by atoms with Crippen LogP contribution >= 0.6 is 0 Å². The number of likely N-dealkylation sites (tertiary alicyclic amines) is 1. The second-order valence-corrected chi connectivity index (χ2v) is 7.62. The number of fused-ring (bicyclic) bond motifs is 1. The molecular weight excluding hydrogens is 352 g/mol. The van der Waals surface area contributed by atoms with Gasteiger partial charge in [0.05, 0.1) is 11.7 Å². The molecule has 2 amide bonds. The zero-order valence-corrected chi connectivity index (χ0v) is 16.6. The van der Waals surface area contributed by atoms with Gasteiger partial charge in [-0.25, -0.2) is 4.79 Å². The predicted molar refractivity (Wildman–Crippen MR) is 110 cm³/mol. The van der Waals surface area contributed by atoms with E-state index in [4.69, 9.17) is 0 Å². The minimum atomic E-state index is -0.0852. The molecule has 0 bridgehead atoms. The molecule has 146 valence electrons. The molecule has 0 saturated carbocycles. The number of benzene rings is 2. The summed E-state index contributed by atoms with van der Waals surface area (Å²) >= 11 is 0. The van der Waals surface area contributed by atoms with Crippen molar-refractivity contribution >= 4 is 22.8 Å². The second kappa shape index (κ2) is 7.59. The molecule has 0 radical (unpaired) electrons. The monoisotopic (exact) mass is 378 g/mol. The lowest BCUT2D eigenvalue weighted by Gasteiger charge is -2.25. The molecule has 2 aromatic carbocycles. The van der Waals surface area contributed by atoms with Crippen LogP contribution in [0.4, 0.5) is 10.5 Å². The normalized spacial score (nSPS) is 16.9. The van der Waals surface area contributed by atoms with Crippen molar-refractivity contribution in [2.45, 2.75) is 25.4 Å². The van der Waals surface area contributed by atoms with Gasteiger partial charge in [-0.2, -0.15) is 15.0 Å². The van der Waals surface area contributed by atoms with Crippen molar-refractivity contribution in [2.24, 2.45) is 7.05 Å². The number of carbonyl (C=O) groups excluding carboxylic acids is 1. The minimum Gasteiger partial charge on any atom is -0.317 e. The molecule has 0 unspecified atom stereocenters. The number of carbonyl (C=O) groups is 1. The lowest BCUT2D eigenvalue weighted by molar-refractivity contribution is 0.207. The summed E-state index contributed by atoms with van der Waals surface area (Å²) in [6.07, 6.45) is 1.99. The van der Waals surface area contributed by atoms with Gasteiger partial charge in [0.25, 0.3) is 0 Å². The first-order valence-electron chi connectivity index (χ1n) is 9.62. The van der Waals surface area contributed by atoms with Gasteiger partial charge in [0.2, 0.25) is 0 Å². The summed E-state index contributed by atoms with van der Waals surface area (Å²) in [6, 6.07) is 14.3. The number of aromatic nitrogens is 3. The number of urea groups is 1. The molecule has 1 atom stereocenters. The van der Waals surface area contributed by atoms with Crippen molar-refractivity contribution in [3.8, 4) is 0 Å². The van der Waals surface area contributed by atoms with Crippen LogP contribution in [0, 0.1) is 0 Å². The first-order chi connectivity index (χ1) is 13.5. The topological polar surface area (TPSA) is 66.3 Å². The summed E-state index contributed by atoms with van der Waals surface area (Å²) in [6.45, 7) is 1.67. The van der Waals surface area contributed by atoms with Crippen LogP contribution in [0.15, 0.2) is 42.5 Å². The van der Waals surface area contributed by atoms with Gasteiger partial charge in [0.15, 0.2) is 0 Å². The van der Waals surface area contributed by atoms with Crippen LogP contribution in [0.1, 0.15) is 30.0 Å². The van der Waals surface area contributed by atoms with Gasteiger partial charge in [0.1, 0.15) is 11.0 Å². The molecule has 4 rings (SSSR count). The van der Waals surface area contributed by atoms with Crippen molar-refractivity contribution < 1.29 is 4.79 Å². The molecule has 1 fully saturated rings. The van der Waals surface area contributed by atoms with E-state index in [-0.39, 0.29) is 12.1 Å². The molecule has 28 heavy (non-hydrogen) atoms. The van der Waals surface area contributed by atoms with E-state index in [9.17, 15) is 4.79 Å². The Morgan fingerprint density at radius 2 is 1.96 bits per heavy atom. The third-order valence-electron chi connectivity index (χ3n) is 5.13. The summed E-state index contributed by atoms with van der Waals surface area (Å²) in [5, 5.41) is 11.7. The fourth-order valence-electron chi connectivity index (χ4n) is 3.89. The van der Waals surface area contributed by atoms with Crippen molar-refractivity contribution in [1.82, 2.24) is 24.8 Å². The van der Waals surface area contributed by atoms with Crippen LogP contribution in [-0.4, -0.2) is 51.5 Å². The number of rotatable bonds is 4. The van der Waals surface area contributed by atoms with Crippen LogP contribution in [-0.2, 0) is 13.6 Å². The third kappa shape index (κ3) is 3.71. The van der Waals surface area contributed by atoms with E-state index in [0.717, 1.165) is 31.4 Å². The largest absolute Gasteiger partial charge is 0.322 e. The molecule has 7 heteroatoms. The van der Waals surface area contributed by atoms with Gasteiger partial charge in [-0.05, 0) is 50.2 Å². The fraction of sp³-hybridized carbons (Fsp3) is 0.381. The van der Waals surface area contributed by atoms with Crippen molar-refractivity contribution in [3.05, 3.63) is 53.6 Å². The number of aryl methyl sites for hydroxylation is 1. The van der Waals surface area contributed by atoms with Crippen molar-refractivity contribution in [2.75, 3.05) is 26.0 Å². The predicted octanol–water partition coefficient (Wildman–Crippen LogP) is 3.40. The highest BCUT2D eigenvalue weighted by Gasteiger charge is 2.30. The smallest absolute Gasteiger partial charge is 0.317 e. The van der Waals surface area contributed by atoms with Crippen LogP contribution in [0.5, 0.6) is 0 Å². The molecule has 2 heterocycles. The molecule has 7 nitrogen and oxygen atoms in total. The van der Waals surface area contributed by atoms with Crippen LogP contribution in [0.2, 0.25) is 0 Å². The minimum absolute atomic E-state index is 0.0852. The maximum absolute atomic E-state index is 13.0. The van der Waals surface area contributed by atoms with E-state index < -0.39 is 0 Å². The molecule has 1 saturated heterocycles. The molecular formula is C21H26N6O. The lowest BCUT2D eigenvalue weighted by atomic mass is 10.0. The molecule has 0 spiro atoms. The van der Waals surface area contributed by atoms with Crippen molar-refractivity contribution in [1.29, 1.82) is 0 Å². The van der Waals surface area contributed by atoms with Gasteiger partial charge in [-0.1, -0.05) is 30.3 Å². The lowest BCUT2D eigenvalue weighted by Crippen LogP contribution is -2.34. The van der Waals surface area contributed by atoms with Crippen LogP contribution in [0.25, 0.3) is 11.0 Å². The molecule has 0 aliphatic carbocycles. The Labute approximate surface area is 164 Å². The van der Waals surface area contributed by atoms with Gasteiger partial charge in [-0.3, -0.25) is 0 Å². The van der Waals surface area contributed by atoms with Crippen molar-refractivity contribution in [3.63, 3.8) is 0 Å². The number of hydrogen-bond donors (Lipinski definition) is 1. The maximum Gasteiger partial charge on any atom is 0.322 e. The van der Waals surface area contributed by atoms with E-state index >= 15 is 0 Å². The summed E-state index contributed by atoms with van der Waals surface area (Å²) in [7, 11) is 5.91. The summed E-state index contributed by atoms with van der Waals surface area (Å²) in [5.41, 5.74) is 4.64. The number of amides is 2.